The van der Waals surface area contributed by atoms with Gasteiger partial charge in [-0.1, -0.05) is 13.8 Å². The van der Waals surface area contributed by atoms with Crippen LogP contribution in [0.4, 0.5) is 4.79 Å². The van der Waals surface area contributed by atoms with Crippen LogP contribution in [0.1, 0.15) is 50.8 Å². The maximum Gasteiger partial charge on any atom is 0.409 e. The number of carbonyl (C=O) groups is 1. The molecule has 0 unspecified atom stereocenters. The fourth-order valence-corrected chi connectivity index (χ4v) is 5.44. The first-order valence-corrected chi connectivity index (χ1v) is 12.4. The molecule has 0 atom stereocenters. The van der Waals surface area contributed by atoms with Crippen LogP contribution in [-0.2, 0) is 21.8 Å². The Morgan fingerprint density at radius 1 is 1.19 bits per heavy atom. The van der Waals surface area contributed by atoms with E-state index in [1.54, 1.807) is 33.3 Å². The Hall–Kier alpha value is -2.59. The molecule has 10 heteroatoms. The highest BCUT2D eigenvalue weighted by atomic mass is 32.2. The second-order valence-electron chi connectivity index (χ2n) is 8.37. The minimum Gasteiger partial charge on any atom is -0.450 e. The van der Waals surface area contributed by atoms with Gasteiger partial charge in [0.15, 0.2) is 0 Å². The lowest BCUT2D eigenvalue weighted by molar-refractivity contribution is 0.0966. The van der Waals surface area contributed by atoms with Crippen molar-refractivity contribution < 1.29 is 17.9 Å². The molecule has 3 rings (SSSR count). The SMILES string of the molecule is CCOC(=O)N1CCC(NS(=O)(=O)c2ccc(-n3c(=O)c(C(C)C)c(C)n3C)cc2)CC1. The molecule has 176 valence electrons. The van der Waals surface area contributed by atoms with Crippen molar-refractivity contribution in [2.45, 2.75) is 57.4 Å². The molecule has 1 saturated heterocycles. The number of benzene rings is 1. The number of aromatic nitrogens is 2. The number of nitrogens with zero attached hydrogens (tertiary/aromatic N) is 3. The number of likely N-dealkylation sites (tertiary alicyclic amines) is 1. The molecule has 9 nitrogen and oxygen atoms in total. The van der Waals surface area contributed by atoms with Gasteiger partial charge in [-0.25, -0.2) is 22.6 Å². The van der Waals surface area contributed by atoms with Crippen molar-refractivity contribution in [1.82, 2.24) is 19.0 Å². The van der Waals surface area contributed by atoms with Gasteiger partial charge in [-0.05, 0) is 56.9 Å². The Labute approximate surface area is 189 Å². The van der Waals surface area contributed by atoms with Gasteiger partial charge < -0.3 is 9.64 Å². The average Bonchev–Trinajstić information content (AvgIpc) is 2.97. The van der Waals surface area contributed by atoms with E-state index in [4.69, 9.17) is 4.74 Å². The summed E-state index contributed by atoms with van der Waals surface area (Å²) in [6.07, 6.45) is 0.675. The van der Waals surface area contributed by atoms with Crippen LogP contribution < -0.4 is 10.3 Å². The second kappa shape index (κ2) is 9.50. The molecule has 1 aliphatic heterocycles. The van der Waals surface area contributed by atoms with Crippen LogP contribution in [0.5, 0.6) is 0 Å². The fraction of sp³-hybridized carbons (Fsp3) is 0.545. The summed E-state index contributed by atoms with van der Waals surface area (Å²) in [4.78, 5) is 26.4. The standard InChI is InChI=1S/C22H32N4O5S/c1-6-31-22(28)25-13-11-17(12-14-25)23-32(29,30)19-9-7-18(8-10-19)26-21(27)20(15(2)3)16(4)24(26)5/h7-10,15,17,23H,6,11-14H2,1-5H3. The Balaban J connectivity index is 1.73. The van der Waals surface area contributed by atoms with Gasteiger partial charge in [-0.3, -0.25) is 9.48 Å². The van der Waals surface area contributed by atoms with Crippen molar-refractivity contribution in [2.75, 3.05) is 19.7 Å². The number of nitrogens with one attached hydrogen (secondary N) is 1. The van der Waals surface area contributed by atoms with E-state index in [0.717, 1.165) is 11.3 Å². The number of piperidine rings is 1. The summed E-state index contributed by atoms with van der Waals surface area (Å²) in [5.41, 5.74) is 2.15. The number of rotatable bonds is 6. The molecule has 2 aromatic rings. The van der Waals surface area contributed by atoms with E-state index in [1.807, 2.05) is 27.8 Å². The number of amides is 1. The van der Waals surface area contributed by atoms with E-state index >= 15 is 0 Å². The van der Waals surface area contributed by atoms with Gasteiger partial charge in [-0.2, -0.15) is 0 Å². The van der Waals surface area contributed by atoms with Crippen LogP contribution in [0, 0.1) is 6.92 Å². The number of ether oxygens (including phenoxy) is 1. The van der Waals surface area contributed by atoms with E-state index in [-0.39, 0.29) is 28.5 Å². The zero-order chi connectivity index (χ0) is 23.6. The van der Waals surface area contributed by atoms with Crippen molar-refractivity contribution in [1.29, 1.82) is 0 Å². The van der Waals surface area contributed by atoms with Crippen molar-refractivity contribution >= 4 is 16.1 Å². The molecule has 2 heterocycles. The summed E-state index contributed by atoms with van der Waals surface area (Å²) < 4.78 is 36.8. The largest absolute Gasteiger partial charge is 0.450 e. The fourth-order valence-electron chi connectivity index (χ4n) is 4.13. The van der Waals surface area contributed by atoms with Crippen molar-refractivity contribution in [3.05, 3.63) is 45.9 Å². The third-order valence-corrected chi connectivity index (χ3v) is 7.45. The summed E-state index contributed by atoms with van der Waals surface area (Å²) in [5, 5.41) is 0. The molecule has 1 aromatic heterocycles. The van der Waals surface area contributed by atoms with Crippen LogP contribution in [0.2, 0.25) is 0 Å². The van der Waals surface area contributed by atoms with Gasteiger partial charge in [0.25, 0.3) is 5.56 Å². The number of sulfonamides is 1. The van der Waals surface area contributed by atoms with Crippen LogP contribution in [0.3, 0.4) is 0 Å². The van der Waals surface area contributed by atoms with Crippen LogP contribution in [0.15, 0.2) is 34.0 Å². The Bertz CT molecular complexity index is 1120. The first kappa shape index (κ1) is 24.1. The Morgan fingerprint density at radius 3 is 2.28 bits per heavy atom. The van der Waals surface area contributed by atoms with E-state index in [2.05, 4.69) is 4.72 Å². The smallest absolute Gasteiger partial charge is 0.409 e. The molecule has 0 aliphatic carbocycles. The summed E-state index contributed by atoms with van der Waals surface area (Å²) in [6.45, 7) is 8.82. The lowest BCUT2D eigenvalue weighted by Gasteiger charge is -2.31. The summed E-state index contributed by atoms with van der Waals surface area (Å²) in [6, 6.07) is 6.05. The lowest BCUT2D eigenvalue weighted by atomic mass is 10.0. The van der Waals surface area contributed by atoms with Crippen molar-refractivity contribution in [3.63, 3.8) is 0 Å². The highest BCUT2D eigenvalue weighted by molar-refractivity contribution is 7.89. The summed E-state index contributed by atoms with van der Waals surface area (Å²) in [5.74, 6) is 0.0917. The van der Waals surface area contributed by atoms with Gasteiger partial charge in [0.05, 0.1) is 17.2 Å². The van der Waals surface area contributed by atoms with Crippen molar-refractivity contribution in [2.24, 2.45) is 7.05 Å². The molecule has 1 aromatic carbocycles. The first-order valence-electron chi connectivity index (χ1n) is 10.9. The minimum atomic E-state index is -3.72. The summed E-state index contributed by atoms with van der Waals surface area (Å²) in [7, 11) is -1.91. The molecule has 0 radical (unpaired) electrons. The minimum absolute atomic E-state index is 0.0917. The molecule has 0 saturated carbocycles. The third-order valence-electron chi connectivity index (χ3n) is 5.91. The van der Waals surface area contributed by atoms with E-state index in [0.29, 0.717) is 38.2 Å². The Morgan fingerprint density at radius 2 is 1.78 bits per heavy atom. The maximum atomic E-state index is 12.9. The van der Waals surface area contributed by atoms with E-state index in [1.165, 1.54) is 12.1 Å². The van der Waals surface area contributed by atoms with Gasteiger partial charge >= 0.3 is 6.09 Å². The van der Waals surface area contributed by atoms with Crippen LogP contribution in [0.25, 0.3) is 5.69 Å². The average molecular weight is 465 g/mol. The van der Waals surface area contributed by atoms with Gasteiger partial charge in [0.2, 0.25) is 10.0 Å². The third kappa shape index (κ3) is 4.75. The van der Waals surface area contributed by atoms with Gasteiger partial charge in [0, 0.05) is 37.4 Å². The van der Waals surface area contributed by atoms with Crippen LogP contribution in [-0.4, -0.2) is 54.5 Å². The molecule has 32 heavy (non-hydrogen) atoms. The van der Waals surface area contributed by atoms with Gasteiger partial charge in [0.1, 0.15) is 0 Å². The normalized spacial score (nSPS) is 15.4. The van der Waals surface area contributed by atoms with Crippen molar-refractivity contribution in [3.8, 4) is 5.69 Å². The van der Waals surface area contributed by atoms with E-state index in [9.17, 15) is 18.0 Å². The Kier molecular flexibility index (Phi) is 7.14. The molecular weight excluding hydrogens is 432 g/mol. The monoisotopic (exact) mass is 464 g/mol. The molecule has 1 N–H and O–H groups in total. The topological polar surface area (TPSA) is 103 Å². The summed E-state index contributed by atoms with van der Waals surface area (Å²) >= 11 is 0. The highest BCUT2D eigenvalue weighted by Crippen LogP contribution is 2.20. The highest BCUT2D eigenvalue weighted by Gasteiger charge is 2.27. The quantitative estimate of drug-likeness (QED) is 0.708. The predicted octanol–water partition coefficient (Wildman–Crippen LogP) is 2.51. The zero-order valence-corrected chi connectivity index (χ0v) is 20.1. The zero-order valence-electron chi connectivity index (χ0n) is 19.3. The predicted molar refractivity (Wildman–Crippen MR) is 122 cm³/mol. The second-order valence-corrected chi connectivity index (χ2v) is 10.1. The number of hydrogen-bond donors (Lipinski definition) is 1. The lowest BCUT2D eigenvalue weighted by Crippen LogP contribution is -2.46. The molecule has 0 spiro atoms. The van der Waals surface area contributed by atoms with Crippen LogP contribution >= 0.6 is 0 Å². The van der Waals surface area contributed by atoms with E-state index < -0.39 is 10.0 Å². The van der Waals surface area contributed by atoms with Gasteiger partial charge in [-0.15, -0.1) is 0 Å². The molecule has 0 bridgehead atoms. The molecule has 1 aliphatic rings. The number of hydrogen-bond acceptors (Lipinski definition) is 5. The first-order chi connectivity index (χ1) is 15.1. The molecular formula is C22H32N4O5S. The molecule has 1 fully saturated rings. The molecule has 1 amide bonds. The number of carbonyl (C=O) groups excluding carboxylic acids is 1. The maximum absolute atomic E-state index is 12.9.